The normalized spacial score (nSPS) is 11.2. The zero-order valence-electron chi connectivity index (χ0n) is 16.8. The molecule has 0 fully saturated rings. The molecule has 29 heavy (non-hydrogen) atoms. The minimum atomic E-state index is -5.08. The van der Waals surface area contributed by atoms with Crippen LogP contribution in [0.25, 0.3) is 0 Å². The Bertz CT molecular complexity index is 812. The fourth-order valence-electron chi connectivity index (χ4n) is 2.33. The fraction of sp³-hybridized carbons (Fsp3) is 0.556. The van der Waals surface area contributed by atoms with E-state index in [1.807, 2.05) is 35.4 Å². The Balaban J connectivity index is 0.000000516. The highest BCUT2D eigenvalue weighted by atomic mass is 19.4. The molecule has 0 aliphatic heterocycles. The average molecular weight is 417 g/mol. The highest BCUT2D eigenvalue weighted by Gasteiger charge is 2.38. The zero-order valence-corrected chi connectivity index (χ0v) is 16.8. The number of hydrogen-bond donors (Lipinski definition) is 2. The lowest BCUT2D eigenvalue weighted by molar-refractivity contribution is -0.192. The van der Waals surface area contributed by atoms with Gasteiger partial charge in [0.2, 0.25) is 5.91 Å². The topological polar surface area (TPSA) is 102 Å². The molecule has 1 amide bonds. The molecule has 0 spiro atoms. The second-order valence-corrected chi connectivity index (χ2v) is 6.75. The summed E-state index contributed by atoms with van der Waals surface area (Å²) in [4.78, 5) is 25.4. The SMILES string of the molecule is CCc1nccn1CC(=O)Nc1cc(C)nn1CCC(C)C.O=C(O)C(F)(F)F. The Labute approximate surface area is 166 Å². The Kier molecular flexibility index (Phi) is 8.86. The van der Waals surface area contributed by atoms with Crippen molar-refractivity contribution in [1.82, 2.24) is 19.3 Å². The van der Waals surface area contributed by atoms with Crippen LogP contribution in [0.15, 0.2) is 18.5 Å². The van der Waals surface area contributed by atoms with Gasteiger partial charge in [-0.25, -0.2) is 14.5 Å². The van der Waals surface area contributed by atoms with Gasteiger partial charge >= 0.3 is 12.1 Å². The second-order valence-electron chi connectivity index (χ2n) is 6.75. The second kappa shape index (κ2) is 10.6. The van der Waals surface area contributed by atoms with E-state index in [1.165, 1.54) is 0 Å². The van der Waals surface area contributed by atoms with Crippen LogP contribution in [0.1, 0.15) is 38.7 Å². The number of carbonyl (C=O) groups excluding carboxylic acids is 1. The molecule has 162 valence electrons. The number of rotatable bonds is 7. The van der Waals surface area contributed by atoms with E-state index >= 15 is 0 Å². The number of imidazole rings is 1. The Morgan fingerprint density at radius 2 is 1.93 bits per heavy atom. The molecule has 0 unspecified atom stereocenters. The number of nitrogens with zero attached hydrogens (tertiary/aromatic N) is 4. The lowest BCUT2D eigenvalue weighted by Gasteiger charge is -2.11. The van der Waals surface area contributed by atoms with E-state index in [1.54, 1.807) is 6.20 Å². The molecule has 0 radical (unpaired) electrons. The minimum Gasteiger partial charge on any atom is -0.475 e. The first-order chi connectivity index (χ1) is 13.4. The Morgan fingerprint density at radius 1 is 1.31 bits per heavy atom. The molecule has 0 aromatic carbocycles. The first kappa shape index (κ1) is 24.2. The lowest BCUT2D eigenvalue weighted by atomic mass is 10.1. The molecule has 2 heterocycles. The van der Waals surface area contributed by atoms with Crippen molar-refractivity contribution < 1.29 is 27.9 Å². The summed E-state index contributed by atoms with van der Waals surface area (Å²) in [5.74, 6) is -0.530. The summed E-state index contributed by atoms with van der Waals surface area (Å²) in [7, 11) is 0. The van der Waals surface area contributed by atoms with Gasteiger partial charge in [-0.15, -0.1) is 0 Å². The monoisotopic (exact) mass is 417 g/mol. The van der Waals surface area contributed by atoms with E-state index in [2.05, 4.69) is 29.2 Å². The third-order valence-electron chi connectivity index (χ3n) is 3.76. The van der Waals surface area contributed by atoms with Gasteiger partial charge in [0.25, 0.3) is 0 Å². The fourth-order valence-corrected chi connectivity index (χ4v) is 2.33. The number of aliphatic carboxylic acids is 1. The average Bonchev–Trinajstić information content (AvgIpc) is 3.18. The summed E-state index contributed by atoms with van der Waals surface area (Å²) in [5.41, 5.74) is 0.913. The number of alkyl halides is 3. The molecule has 0 saturated carbocycles. The van der Waals surface area contributed by atoms with Crippen molar-refractivity contribution in [2.75, 3.05) is 5.32 Å². The molecule has 11 heteroatoms. The molecule has 0 aliphatic rings. The number of carboxylic acids is 1. The molecule has 0 bridgehead atoms. The first-order valence-corrected chi connectivity index (χ1v) is 9.08. The number of anilines is 1. The van der Waals surface area contributed by atoms with E-state index < -0.39 is 12.1 Å². The van der Waals surface area contributed by atoms with Crippen molar-refractivity contribution in [3.05, 3.63) is 30.0 Å². The van der Waals surface area contributed by atoms with Gasteiger partial charge in [-0.1, -0.05) is 20.8 Å². The molecule has 2 rings (SSSR count). The van der Waals surface area contributed by atoms with E-state index in [9.17, 15) is 18.0 Å². The molecular weight excluding hydrogens is 391 g/mol. The number of amides is 1. The molecule has 2 N–H and O–H groups in total. The van der Waals surface area contributed by atoms with Crippen LogP contribution in [-0.2, 0) is 29.1 Å². The predicted octanol–water partition coefficient (Wildman–Crippen LogP) is 3.27. The molecule has 8 nitrogen and oxygen atoms in total. The quantitative estimate of drug-likeness (QED) is 0.720. The highest BCUT2D eigenvalue weighted by Crippen LogP contribution is 2.14. The van der Waals surface area contributed by atoms with Crippen molar-refractivity contribution in [1.29, 1.82) is 0 Å². The van der Waals surface area contributed by atoms with Gasteiger partial charge in [0, 0.05) is 31.4 Å². The van der Waals surface area contributed by atoms with E-state index in [0.29, 0.717) is 5.92 Å². The van der Waals surface area contributed by atoms with Gasteiger partial charge in [0.1, 0.15) is 18.2 Å². The molecule has 2 aromatic rings. The Hall–Kier alpha value is -2.85. The number of halogens is 3. The number of carboxylic acid groups (broad SMARTS) is 1. The lowest BCUT2D eigenvalue weighted by Crippen LogP contribution is -2.21. The summed E-state index contributed by atoms with van der Waals surface area (Å²) in [6.07, 6.45) is 0.320. The molecule has 0 aliphatic carbocycles. The number of hydrogen-bond acceptors (Lipinski definition) is 4. The van der Waals surface area contributed by atoms with Gasteiger partial charge in [-0.2, -0.15) is 18.3 Å². The van der Waals surface area contributed by atoms with Crippen LogP contribution >= 0.6 is 0 Å². The van der Waals surface area contributed by atoms with Crippen LogP contribution in [0.5, 0.6) is 0 Å². The van der Waals surface area contributed by atoms with Crippen molar-refractivity contribution in [3.63, 3.8) is 0 Å². The number of aryl methyl sites for hydroxylation is 3. The molecular formula is C18H26F3N5O3. The smallest absolute Gasteiger partial charge is 0.475 e. The summed E-state index contributed by atoms with van der Waals surface area (Å²) in [6.45, 7) is 9.41. The first-order valence-electron chi connectivity index (χ1n) is 9.08. The van der Waals surface area contributed by atoms with Gasteiger partial charge in [0.05, 0.1) is 5.69 Å². The molecule has 0 atom stereocenters. The minimum absolute atomic E-state index is 0.0570. The maximum Gasteiger partial charge on any atom is 0.490 e. The maximum atomic E-state index is 12.2. The third kappa shape index (κ3) is 8.36. The van der Waals surface area contributed by atoms with Gasteiger partial charge in [-0.3, -0.25) is 4.79 Å². The third-order valence-corrected chi connectivity index (χ3v) is 3.76. The van der Waals surface area contributed by atoms with Crippen LogP contribution in [0.3, 0.4) is 0 Å². The van der Waals surface area contributed by atoms with Crippen molar-refractivity contribution >= 4 is 17.7 Å². The van der Waals surface area contributed by atoms with Crippen molar-refractivity contribution in [2.24, 2.45) is 5.92 Å². The summed E-state index contributed by atoms with van der Waals surface area (Å²) < 4.78 is 35.5. The highest BCUT2D eigenvalue weighted by molar-refractivity contribution is 5.89. The number of carbonyl (C=O) groups is 2. The number of aromatic nitrogens is 4. The largest absolute Gasteiger partial charge is 0.490 e. The molecule has 0 saturated heterocycles. The Morgan fingerprint density at radius 3 is 2.45 bits per heavy atom. The summed E-state index contributed by atoms with van der Waals surface area (Å²) in [6, 6.07) is 1.91. The van der Waals surface area contributed by atoms with E-state index in [0.717, 1.165) is 36.7 Å². The predicted molar refractivity (Wildman–Crippen MR) is 100 cm³/mol. The van der Waals surface area contributed by atoms with Gasteiger partial charge in [-0.05, 0) is 19.3 Å². The molecule has 2 aromatic heterocycles. The van der Waals surface area contributed by atoms with Crippen LogP contribution in [0.4, 0.5) is 19.0 Å². The van der Waals surface area contributed by atoms with Crippen LogP contribution < -0.4 is 5.32 Å². The summed E-state index contributed by atoms with van der Waals surface area (Å²) in [5, 5.41) is 14.5. The van der Waals surface area contributed by atoms with Gasteiger partial charge in [0.15, 0.2) is 0 Å². The zero-order chi connectivity index (χ0) is 22.2. The van der Waals surface area contributed by atoms with Crippen LogP contribution in [-0.4, -0.2) is 42.5 Å². The van der Waals surface area contributed by atoms with E-state index in [-0.39, 0.29) is 12.5 Å². The van der Waals surface area contributed by atoms with Crippen molar-refractivity contribution in [2.45, 2.75) is 59.8 Å². The standard InChI is InChI=1S/C16H25N5O.C2HF3O2/c1-5-14-17-7-9-20(14)11-16(22)18-15-10-13(4)19-21(15)8-6-12(2)3;3-2(4,5)1(6)7/h7,9-10,12H,5-6,8,11H2,1-4H3,(H,18,22);(H,6,7). The summed E-state index contributed by atoms with van der Waals surface area (Å²) >= 11 is 0. The number of nitrogens with one attached hydrogen (secondary N) is 1. The maximum absolute atomic E-state index is 12.2. The van der Waals surface area contributed by atoms with Crippen LogP contribution in [0, 0.1) is 12.8 Å². The van der Waals surface area contributed by atoms with Crippen LogP contribution in [0.2, 0.25) is 0 Å². The van der Waals surface area contributed by atoms with Crippen molar-refractivity contribution in [3.8, 4) is 0 Å². The van der Waals surface area contributed by atoms with Gasteiger partial charge < -0.3 is 15.0 Å². The van der Waals surface area contributed by atoms with E-state index in [4.69, 9.17) is 9.90 Å².